The average Bonchev–Trinajstić information content (AvgIpc) is 3.73. The summed E-state index contributed by atoms with van der Waals surface area (Å²) in [5, 5.41) is 0.536. The van der Waals surface area contributed by atoms with Crippen molar-refractivity contribution in [3.8, 4) is 11.5 Å². The standard InChI is InChI=1S/C27H21Cl2F2N3O6.H2O/c28-19-10-33-11-20(29)17(19)8-22(15-3-4-21(40-27(30)31)23(7-15)38-13-14-1-2-14)39-24(35)12-34-25(36)16-5-6-32-9-18(16)26(34)37;/h3-7,9-11,14,22,27H,1-2,8,12-13H2;1H2/t22-;/m0./s1. The fraction of sp³-hybridized carbons (Fsp3) is 0.296. The van der Waals surface area contributed by atoms with Crippen molar-refractivity contribution >= 4 is 41.0 Å². The van der Waals surface area contributed by atoms with Crippen LogP contribution in [0.4, 0.5) is 8.78 Å². The number of benzene rings is 1. The molecule has 3 aromatic rings. The van der Waals surface area contributed by atoms with Gasteiger partial charge in [-0.2, -0.15) is 8.78 Å². The number of fused-ring (bicyclic) bond motifs is 1. The Hall–Kier alpha value is -3.87. The Morgan fingerprint density at radius 2 is 1.78 bits per heavy atom. The van der Waals surface area contributed by atoms with Crippen LogP contribution in [0.15, 0.2) is 49.1 Å². The normalized spacial score (nSPS) is 14.9. The minimum absolute atomic E-state index is 0. The van der Waals surface area contributed by atoms with E-state index in [2.05, 4.69) is 14.7 Å². The number of hydrogen-bond donors (Lipinski definition) is 0. The van der Waals surface area contributed by atoms with Gasteiger partial charge in [-0.15, -0.1) is 0 Å². The summed E-state index contributed by atoms with van der Waals surface area (Å²) in [4.78, 5) is 45.9. The molecule has 1 atom stereocenters. The predicted octanol–water partition coefficient (Wildman–Crippen LogP) is 4.54. The Kier molecular flexibility index (Phi) is 9.36. The predicted molar refractivity (Wildman–Crippen MR) is 138 cm³/mol. The number of rotatable bonds is 11. The number of esters is 1. The zero-order chi connectivity index (χ0) is 28.4. The highest BCUT2D eigenvalue weighted by Gasteiger charge is 2.37. The quantitative estimate of drug-likeness (QED) is 0.228. The summed E-state index contributed by atoms with van der Waals surface area (Å²) >= 11 is 12.7. The Bertz CT molecular complexity index is 1420. The van der Waals surface area contributed by atoms with Crippen LogP contribution in [0.1, 0.15) is 50.8 Å². The van der Waals surface area contributed by atoms with Crippen LogP contribution in [-0.2, 0) is 16.0 Å². The van der Waals surface area contributed by atoms with E-state index < -0.39 is 37.0 Å². The molecule has 10 nitrogen and oxygen atoms in total. The van der Waals surface area contributed by atoms with Crippen LogP contribution in [0, 0.1) is 5.92 Å². The minimum Gasteiger partial charge on any atom is -0.870 e. The van der Waals surface area contributed by atoms with Crippen molar-refractivity contribution in [1.82, 2.24) is 9.88 Å². The van der Waals surface area contributed by atoms with Crippen molar-refractivity contribution in [3.05, 3.63) is 81.4 Å². The van der Waals surface area contributed by atoms with Crippen LogP contribution >= 0.6 is 23.2 Å². The monoisotopic (exact) mass is 609 g/mol. The molecular formula is C27H23Cl2F2N3O7. The van der Waals surface area contributed by atoms with Gasteiger partial charge in [-0.1, -0.05) is 29.3 Å². The van der Waals surface area contributed by atoms with Gasteiger partial charge in [0.15, 0.2) is 23.9 Å². The SMILES string of the molecule is O=C(CN1C(=O)c2ccncc2C1=O)O[C@@H](Cc1c(Cl)c[nH+]cc1Cl)c1ccc(OC(F)F)c(OCC2CC2)c1.[OH-]. The molecule has 2 aliphatic rings. The van der Waals surface area contributed by atoms with Gasteiger partial charge in [0, 0.05) is 24.4 Å². The summed E-state index contributed by atoms with van der Waals surface area (Å²) in [6.45, 7) is -3.42. The first-order valence-electron chi connectivity index (χ1n) is 12.3. The van der Waals surface area contributed by atoms with E-state index >= 15 is 0 Å². The van der Waals surface area contributed by atoms with Crippen molar-refractivity contribution in [3.63, 3.8) is 0 Å². The number of imide groups is 1. The maximum absolute atomic E-state index is 13.1. The molecule has 0 bridgehead atoms. The molecule has 0 unspecified atom stereocenters. The molecule has 1 aromatic carbocycles. The van der Waals surface area contributed by atoms with Crippen LogP contribution in [0.2, 0.25) is 10.0 Å². The molecule has 1 saturated carbocycles. The molecule has 5 rings (SSSR count). The molecule has 1 aliphatic carbocycles. The molecule has 1 fully saturated rings. The van der Waals surface area contributed by atoms with E-state index in [1.807, 2.05) is 0 Å². The van der Waals surface area contributed by atoms with Crippen molar-refractivity contribution in [2.45, 2.75) is 32.0 Å². The number of hydrogen-bond acceptors (Lipinski definition) is 8. The molecule has 3 heterocycles. The van der Waals surface area contributed by atoms with E-state index in [1.54, 1.807) is 0 Å². The molecule has 0 saturated heterocycles. The number of pyridine rings is 2. The average molecular weight is 610 g/mol. The maximum Gasteiger partial charge on any atom is 0.387 e. The van der Waals surface area contributed by atoms with Gasteiger partial charge in [0.1, 0.15) is 22.7 Å². The number of H-pyrrole nitrogens is 1. The number of carbonyl (C=O) groups excluding carboxylic acids is 3. The number of aromatic nitrogens is 2. The Balaban J connectivity index is 0.00000387. The zero-order valence-corrected chi connectivity index (χ0v) is 22.7. The number of ether oxygens (including phenoxy) is 3. The lowest BCUT2D eigenvalue weighted by Gasteiger charge is -2.22. The lowest BCUT2D eigenvalue weighted by Crippen LogP contribution is -2.36. The van der Waals surface area contributed by atoms with E-state index in [1.165, 1.54) is 49.1 Å². The zero-order valence-electron chi connectivity index (χ0n) is 21.2. The van der Waals surface area contributed by atoms with Gasteiger partial charge in [-0.25, -0.2) is 4.98 Å². The van der Waals surface area contributed by atoms with Gasteiger partial charge >= 0.3 is 12.6 Å². The second-order valence-corrected chi connectivity index (χ2v) is 10.1. The Morgan fingerprint density at radius 3 is 2.44 bits per heavy atom. The largest absolute Gasteiger partial charge is 0.870 e. The number of nitrogens with one attached hydrogen (secondary N) is 1. The molecule has 2 N–H and O–H groups in total. The lowest BCUT2D eigenvalue weighted by molar-refractivity contribution is -0.377. The number of aromatic amines is 1. The Labute approximate surface area is 242 Å². The minimum atomic E-state index is -3.07. The fourth-order valence-electron chi connectivity index (χ4n) is 4.21. The third kappa shape index (κ3) is 6.89. The van der Waals surface area contributed by atoms with Crippen LogP contribution in [-0.4, -0.2) is 52.9 Å². The Morgan fingerprint density at radius 1 is 1.07 bits per heavy atom. The number of carbonyl (C=O) groups is 3. The van der Waals surface area contributed by atoms with Crippen molar-refractivity contribution < 1.29 is 47.8 Å². The molecule has 2 aromatic heterocycles. The number of nitrogens with zero attached hydrogens (tertiary/aromatic N) is 2. The van der Waals surface area contributed by atoms with Gasteiger partial charge in [-0.05, 0) is 42.5 Å². The maximum atomic E-state index is 13.1. The van der Waals surface area contributed by atoms with Gasteiger partial charge in [0.2, 0.25) is 0 Å². The van der Waals surface area contributed by atoms with Crippen LogP contribution in [0.5, 0.6) is 11.5 Å². The van der Waals surface area contributed by atoms with Gasteiger partial charge in [0.25, 0.3) is 11.8 Å². The van der Waals surface area contributed by atoms with Gasteiger partial charge < -0.3 is 19.7 Å². The molecule has 0 radical (unpaired) electrons. The van der Waals surface area contributed by atoms with Crippen LogP contribution < -0.4 is 14.5 Å². The molecular weight excluding hydrogens is 587 g/mol. The van der Waals surface area contributed by atoms with Crippen molar-refractivity contribution in [2.75, 3.05) is 13.2 Å². The lowest BCUT2D eigenvalue weighted by atomic mass is 10.0. The second-order valence-electron chi connectivity index (χ2n) is 9.27. The van der Waals surface area contributed by atoms with E-state index in [4.69, 9.17) is 32.7 Å². The second kappa shape index (κ2) is 12.8. The van der Waals surface area contributed by atoms with Crippen LogP contribution in [0.25, 0.3) is 0 Å². The summed E-state index contributed by atoms with van der Waals surface area (Å²) in [6.07, 6.45) is 6.51. The third-order valence-corrected chi connectivity index (χ3v) is 7.12. The van der Waals surface area contributed by atoms with Gasteiger partial charge in [-0.3, -0.25) is 24.3 Å². The van der Waals surface area contributed by atoms with Crippen molar-refractivity contribution in [1.29, 1.82) is 0 Å². The molecule has 0 spiro atoms. The smallest absolute Gasteiger partial charge is 0.387 e. The highest BCUT2D eigenvalue weighted by molar-refractivity contribution is 6.35. The summed E-state index contributed by atoms with van der Waals surface area (Å²) < 4.78 is 42.2. The van der Waals surface area contributed by atoms with Crippen molar-refractivity contribution in [2.24, 2.45) is 5.92 Å². The van der Waals surface area contributed by atoms with Gasteiger partial charge in [0.05, 0.1) is 17.7 Å². The van der Waals surface area contributed by atoms with E-state index in [9.17, 15) is 23.2 Å². The van der Waals surface area contributed by atoms with E-state index in [0.29, 0.717) is 23.7 Å². The topological polar surface area (TPSA) is 139 Å². The van der Waals surface area contributed by atoms with E-state index in [0.717, 1.165) is 17.7 Å². The first-order chi connectivity index (χ1) is 19.2. The molecule has 216 valence electrons. The molecule has 14 heteroatoms. The number of amides is 2. The summed E-state index contributed by atoms with van der Waals surface area (Å²) in [5.74, 6) is -2.01. The summed E-state index contributed by atoms with van der Waals surface area (Å²) in [6, 6.07) is 5.59. The molecule has 2 amide bonds. The number of halogens is 4. The van der Waals surface area contributed by atoms with E-state index in [-0.39, 0.29) is 44.6 Å². The summed E-state index contributed by atoms with van der Waals surface area (Å²) in [5.41, 5.74) is 1.03. The highest BCUT2D eigenvalue weighted by atomic mass is 35.5. The highest BCUT2D eigenvalue weighted by Crippen LogP contribution is 2.38. The van der Waals surface area contributed by atoms with Crippen LogP contribution in [0.3, 0.4) is 0 Å². The number of alkyl halides is 2. The molecule has 41 heavy (non-hydrogen) atoms. The summed E-state index contributed by atoms with van der Waals surface area (Å²) in [7, 11) is 0. The third-order valence-electron chi connectivity index (χ3n) is 6.45. The first-order valence-corrected chi connectivity index (χ1v) is 13.0. The fourth-order valence-corrected chi connectivity index (χ4v) is 4.74. The first kappa shape index (κ1) is 30.1. The molecule has 1 aliphatic heterocycles.